The summed E-state index contributed by atoms with van der Waals surface area (Å²) in [5, 5.41) is 15.2. The molecule has 5 rings (SSSR count). The topological polar surface area (TPSA) is 105 Å². The van der Waals surface area contributed by atoms with Crippen molar-refractivity contribution >= 4 is 18.0 Å². The summed E-state index contributed by atoms with van der Waals surface area (Å²) in [6, 6.07) is 16.4. The van der Waals surface area contributed by atoms with Crippen LogP contribution in [0.5, 0.6) is 0 Å². The van der Waals surface area contributed by atoms with Crippen LogP contribution in [0.4, 0.5) is 4.79 Å². The van der Waals surface area contributed by atoms with Crippen molar-refractivity contribution in [2.75, 3.05) is 19.7 Å². The van der Waals surface area contributed by atoms with Crippen LogP contribution >= 0.6 is 0 Å². The molecule has 7 nitrogen and oxygen atoms in total. The highest BCUT2D eigenvalue weighted by Crippen LogP contribution is 2.44. The number of amides is 2. The Morgan fingerprint density at radius 2 is 1.56 bits per heavy atom. The molecule has 0 aromatic heterocycles. The van der Waals surface area contributed by atoms with Gasteiger partial charge in [-0.2, -0.15) is 0 Å². The summed E-state index contributed by atoms with van der Waals surface area (Å²) >= 11 is 0. The number of carbonyl (C=O) groups excluding carboxylic acids is 2. The summed E-state index contributed by atoms with van der Waals surface area (Å²) < 4.78 is 5.55. The van der Waals surface area contributed by atoms with Gasteiger partial charge in [0.15, 0.2) is 0 Å². The van der Waals surface area contributed by atoms with Crippen molar-refractivity contribution in [2.24, 2.45) is 17.3 Å². The van der Waals surface area contributed by atoms with Gasteiger partial charge < -0.3 is 20.5 Å². The summed E-state index contributed by atoms with van der Waals surface area (Å²) in [4.78, 5) is 36.5. The third kappa shape index (κ3) is 4.27. The molecule has 0 bridgehead atoms. The zero-order valence-corrected chi connectivity index (χ0v) is 19.1. The highest BCUT2D eigenvalue weighted by Gasteiger charge is 2.46. The average Bonchev–Trinajstić information content (AvgIpc) is 3.33. The fourth-order valence-corrected chi connectivity index (χ4v) is 5.56. The molecular formula is C27H30N2O5. The van der Waals surface area contributed by atoms with E-state index in [4.69, 9.17) is 4.74 Å². The number of carboxylic acids is 1. The Morgan fingerprint density at radius 3 is 2.18 bits per heavy atom. The number of alkyl carbamates (subject to hydrolysis) is 1. The van der Waals surface area contributed by atoms with E-state index in [1.54, 1.807) is 0 Å². The number of carboxylic acid groups (broad SMARTS) is 1. The molecule has 178 valence electrons. The number of carbonyl (C=O) groups is 3. The quantitative estimate of drug-likeness (QED) is 0.552. The maximum Gasteiger partial charge on any atom is 0.407 e. The van der Waals surface area contributed by atoms with Gasteiger partial charge in [0, 0.05) is 24.9 Å². The van der Waals surface area contributed by atoms with Gasteiger partial charge in [-0.3, -0.25) is 9.59 Å². The molecule has 0 heterocycles. The van der Waals surface area contributed by atoms with Gasteiger partial charge in [-0.05, 0) is 47.4 Å². The molecule has 3 aliphatic rings. The number of aliphatic carboxylic acids is 1. The molecule has 34 heavy (non-hydrogen) atoms. The molecule has 0 spiro atoms. The van der Waals surface area contributed by atoms with Gasteiger partial charge in [-0.15, -0.1) is 0 Å². The molecule has 3 N–H and O–H groups in total. The molecule has 2 atom stereocenters. The van der Waals surface area contributed by atoms with E-state index in [1.807, 2.05) is 24.3 Å². The Hall–Kier alpha value is -3.35. The zero-order chi connectivity index (χ0) is 23.7. The lowest BCUT2D eigenvalue weighted by atomic mass is 9.86. The predicted molar refractivity (Wildman–Crippen MR) is 126 cm³/mol. The van der Waals surface area contributed by atoms with Crippen molar-refractivity contribution in [1.82, 2.24) is 10.6 Å². The third-order valence-electron chi connectivity index (χ3n) is 7.73. The number of ether oxygens (including phenoxy) is 1. The second-order valence-corrected chi connectivity index (χ2v) is 9.82. The van der Waals surface area contributed by atoms with E-state index in [0.29, 0.717) is 25.8 Å². The van der Waals surface area contributed by atoms with Gasteiger partial charge in [0.25, 0.3) is 0 Å². The van der Waals surface area contributed by atoms with Crippen molar-refractivity contribution in [1.29, 1.82) is 0 Å². The lowest BCUT2D eigenvalue weighted by Gasteiger charge is -2.24. The maximum atomic E-state index is 12.5. The van der Waals surface area contributed by atoms with Crippen LogP contribution in [0.2, 0.25) is 0 Å². The van der Waals surface area contributed by atoms with Gasteiger partial charge in [0.1, 0.15) is 6.61 Å². The largest absolute Gasteiger partial charge is 0.481 e. The Balaban J connectivity index is 1.07. The molecule has 0 radical (unpaired) electrons. The van der Waals surface area contributed by atoms with E-state index in [-0.39, 0.29) is 36.8 Å². The van der Waals surface area contributed by atoms with Crippen LogP contribution in [-0.2, 0) is 14.3 Å². The SMILES string of the molecule is O=C(NCC1CC1C(=O)NCC1(C(=O)O)CCCC1)OCC1c2ccccc2-c2ccccc21. The number of fused-ring (bicyclic) bond motifs is 3. The normalized spacial score (nSPS) is 21.9. The summed E-state index contributed by atoms with van der Waals surface area (Å²) in [7, 11) is 0. The predicted octanol–water partition coefficient (Wildman–Crippen LogP) is 3.92. The minimum atomic E-state index is -0.824. The lowest BCUT2D eigenvalue weighted by Crippen LogP contribution is -2.42. The fourth-order valence-electron chi connectivity index (χ4n) is 5.56. The van der Waals surface area contributed by atoms with E-state index < -0.39 is 17.5 Å². The van der Waals surface area contributed by atoms with E-state index in [9.17, 15) is 19.5 Å². The molecule has 7 heteroatoms. The van der Waals surface area contributed by atoms with Crippen LogP contribution in [0.3, 0.4) is 0 Å². The van der Waals surface area contributed by atoms with E-state index in [0.717, 1.165) is 24.0 Å². The minimum absolute atomic E-state index is 0.00902. The highest BCUT2D eigenvalue weighted by molar-refractivity contribution is 5.83. The number of hydrogen-bond acceptors (Lipinski definition) is 4. The average molecular weight is 463 g/mol. The second kappa shape index (κ2) is 9.12. The van der Waals surface area contributed by atoms with Gasteiger partial charge in [-0.1, -0.05) is 61.4 Å². The van der Waals surface area contributed by atoms with Gasteiger partial charge >= 0.3 is 12.1 Å². The van der Waals surface area contributed by atoms with Crippen LogP contribution < -0.4 is 10.6 Å². The highest BCUT2D eigenvalue weighted by atomic mass is 16.5. The zero-order valence-electron chi connectivity index (χ0n) is 19.1. The summed E-state index contributed by atoms with van der Waals surface area (Å²) in [6.07, 6.45) is 3.20. The van der Waals surface area contributed by atoms with Crippen molar-refractivity contribution in [3.63, 3.8) is 0 Å². The van der Waals surface area contributed by atoms with Crippen molar-refractivity contribution in [3.05, 3.63) is 59.7 Å². The Bertz CT molecular complexity index is 1060. The fraction of sp³-hybridized carbons (Fsp3) is 0.444. The number of hydrogen-bond donors (Lipinski definition) is 3. The standard InChI is InChI=1S/C27H30N2O5/c30-24(29-16-27(25(31)32)11-5-6-12-27)22-13-17(22)14-28-26(33)34-15-23-20-9-3-1-7-18(20)19-8-2-4-10-21(19)23/h1-4,7-10,17,22-23H,5-6,11-16H2,(H,28,33)(H,29,30)(H,31,32). The van der Waals surface area contributed by atoms with E-state index >= 15 is 0 Å². The number of rotatable bonds is 8. The second-order valence-electron chi connectivity index (χ2n) is 9.82. The Morgan fingerprint density at radius 1 is 0.941 bits per heavy atom. The number of nitrogens with one attached hydrogen (secondary N) is 2. The van der Waals surface area contributed by atoms with Crippen LogP contribution in [0.15, 0.2) is 48.5 Å². The Kier molecular flexibility index (Phi) is 6.02. The summed E-state index contributed by atoms with van der Waals surface area (Å²) in [5.74, 6) is -1.05. The molecule has 0 aliphatic heterocycles. The summed E-state index contributed by atoms with van der Waals surface area (Å²) in [6.45, 7) is 0.814. The number of benzene rings is 2. The molecule has 0 saturated heterocycles. The maximum absolute atomic E-state index is 12.5. The van der Waals surface area contributed by atoms with E-state index in [1.165, 1.54) is 11.1 Å². The van der Waals surface area contributed by atoms with Crippen LogP contribution in [-0.4, -0.2) is 42.8 Å². The molecule has 2 aromatic rings. The Labute approximate surface area is 198 Å². The van der Waals surface area contributed by atoms with Crippen LogP contribution in [0.1, 0.15) is 49.1 Å². The first-order chi connectivity index (χ1) is 16.5. The van der Waals surface area contributed by atoms with E-state index in [2.05, 4.69) is 34.9 Å². The first-order valence-corrected chi connectivity index (χ1v) is 12.1. The minimum Gasteiger partial charge on any atom is -0.481 e. The molecule has 2 fully saturated rings. The lowest BCUT2D eigenvalue weighted by molar-refractivity contribution is -0.148. The molecule has 3 aliphatic carbocycles. The van der Waals surface area contributed by atoms with Crippen LogP contribution in [0.25, 0.3) is 11.1 Å². The molecule has 2 saturated carbocycles. The van der Waals surface area contributed by atoms with Crippen molar-refractivity contribution in [2.45, 2.75) is 38.0 Å². The first-order valence-electron chi connectivity index (χ1n) is 12.1. The van der Waals surface area contributed by atoms with Crippen molar-refractivity contribution < 1.29 is 24.2 Å². The van der Waals surface area contributed by atoms with Gasteiger partial charge in [0.05, 0.1) is 5.41 Å². The van der Waals surface area contributed by atoms with Gasteiger partial charge in [-0.25, -0.2) is 4.79 Å². The third-order valence-corrected chi connectivity index (χ3v) is 7.73. The molecule has 2 unspecified atom stereocenters. The van der Waals surface area contributed by atoms with Crippen LogP contribution in [0, 0.1) is 17.3 Å². The molecule has 2 amide bonds. The van der Waals surface area contributed by atoms with Crippen molar-refractivity contribution in [3.8, 4) is 11.1 Å². The molecular weight excluding hydrogens is 432 g/mol. The smallest absolute Gasteiger partial charge is 0.407 e. The first kappa shape index (κ1) is 22.4. The van der Waals surface area contributed by atoms with Gasteiger partial charge in [0.2, 0.25) is 5.91 Å². The molecule has 2 aromatic carbocycles. The monoisotopic (exact) mass is 462 g/mol. The summed E-state index contributed by atoms with van der Waals surface area (Å²) in [5.41, 5.74) is 3.87.